The van der Waals surface area contributed by atoms with Gasteiger partial charge in [-0.05, 0) is 31.9 Å². The number of hydrogen-bond acceptors (Lipinski definition) is 3. The molecule has 1 heterocycles. The number of rotatable bonds is 7. The Labute approximate surface area is 138 Å². The van der Waals surface area contributed by atoms with Gasteiger partial charge >= 0.3 is 0 Å². The molecule has 1 amide bonds. The van der Waals surface area contributed by atoms with E-state index >= 15 is 0 Å². The van der Waals surface area contributed by atoms with E-state index in [0.29, 0.717) is 24.7 Å². The SMILES string of the molecule is CCC(C)Nc1cncc(C(=O)N(CC)Cc2ccccc2)c1. The van der Waals surface area contributed by atoms with Gasteiger partial charge in [-0.25, -0.2) is 0 Å². The Hall–Kier alpha value is -2.36. The van der Waals surface area contributed by atoms with Crippen LogP contribution >= 0.6 is 0 Å². The summed E-state index contributed by atoms with van der Waals surface area (Å²) in [4.78, 5) is 18.8. The summed E-state index contributed by atoms with van der Waals surface area (Å²) in [5.41, 5.74) is 2.64. The van der Waals surface area contributed by atoms with E-state index in [1.165, 1.54) is 0 Å². The van der Waals surface area contributed by atoms with Gasteiger partial charge in [-0.3, -0.25) is 9.78 Å². The average molecular weight is 311 g/mol. The van der Waals surface area contributed by atoms with Crippen LogP contribution in [0.3, 0.4) is 0 Å². The lowest BCUT2D eigenvalue weighted by atomic mass is 10.1. The lowest BCUT2D eigenvalue weighted by Crippen LogP contribution is -2.30. The van der Waals surface area contributed by atoms with Gasteiger partial charge in [0.05, 0.1) is 11.3 Å². The van der Waals surface area contributed by atoms with Crippen molar-refractivity contribution in [2.45, 2.75) is 39.8 Å². The summed E-state index contributed by atoms with van der Waals surface area (Å²) in [6.07, 6.45) is 4.42. The third-order valence-electron chi connectivity index (χ3n) is 3.90. The molecule has 4 nitrogen and oxygen atoms in total. The summed E-state index contributed by atoms with van der Waals surface area (Å²) in [5.74, 6) is 0.0108. The molecule has 23 heavy (non-hydrogen) atoms. The zero-order valence-corrected chi connectivity index (χ0v) is 14.1. The fourth-order valence-corrected chi connectivity index (χ4v) is 2.34. The first-order chi connectivity index (χ1) is 11.1. The highest BCUT2D eigenvalue weighted by Gasteiger charge is 2.15. The van der Waals surface area contributed by atoms with E-state index in [0.717, 1.165) is 17.7 Å². The number of carbonyl (C=O) groups is 1. The molecule has 0 aliphatic carbocycles. The molecule has 0 aliphatic rings. The molecule has 2 rings (SSSR count). The summed E-state index contributed by atoms with van der Waals surface area (Å²) < 4.78 is 0. The van der Waals surface area contributed by atoms with Crippen LogP contribution in [-0.4, -0.2) is 28.4 Å². The van der Waals surface area contributed by atoms with Crippen LogP contribution in [0.5, 0.6) is 0 Å². The minimum absolute atomic E-state index is 0.0108. The van der Waals surface area contributed by atoms with E-state index in [1.807, 2.05) is 48.2 Å². The second kappa shape index (κ2) is 8.32. The molecule has 0 radical (unpaired) electrons. The highest BCUT2D eigenvalue weighted by Crippen LogP contribution is 2.14. The third-order valence-corrected chi connectivity index (χ3v) is 3.90. The molecular weight excluding hydrogens is 286 g/mol. The number of nitrogens with one attached hydrogen (secondary N) is 1. The lowest BCUT2D eigenvalue weighted by Gasteiger charge is -2.21. The van der Waals surface area contributed by atoms with Gasteiger partial charge in [0.15, 0.2) is 0 Å². The van der Waals surface area contributed by atoms with Gasteiger partial charge in [0.2, 0.25) is 0 Å². The highest BCUT2D eigenvalue weighted by atomic mass is 16.2. The van der Waals surface area contributed by atoms with Gasteiger partial charge in [-0.1, -0.05) is 37.3 Å². The predicted octanol–water partition coefficient (Wildman–Crippen LogP) is 3.95. The molecule has 1 N–H and O–H groups in total. The van der Waals surface area contributed by atoms with Crippen LogP contribution in [0.25, 0.3) is 0 Å². The molecule has 0 spiro atoms. The molecule has 1 aromatic carbocycles. The molecule has 1 aromatic heterocycles. The second-order valence-corrected chi connectivity index (χ2v) is 5.72. The van der Waals surface area contributed by atoms with E-state index in [4.69, 9.17) is 0 Å². The number of nitrogens with zero attached hydrogens (tertiary/aromatic N) is 2. The average Bonchev–Trinajstić information content (AvgIpc) is 2.60. The van der Waals surface area contributed by atoms with Gasteiger partial charge in [-0.2, -0.15) is 0 Å². The van der Waals surface area contributed by atoms with E-state index < -0.39 is 0 Å². The van der Waals surface area contributed by atoms with Crippen LogP contribution in [0.2, 0.25) is 0 Å². The Kier molecular flexibility index (Phi) is 6.15. The molecule has 122 valence electrons. The van der Waals surface area contributed by atoms with Crippen molar-refractivity contribution >= 4 is 11.6 Å². The van der Waals surface area contributed by atoms with Crippen molar-refractivity contribution in [1.29, 1.82) is 0 Å². The highest BCUT2D eigenvalue weighted by molar-refractivity contribution is 5.94. The zero-order valence-electron chi connectivity index (χ0n) is 14.1. The number of aromatic nitrogens is 1. The fourth-order valence-electron chi connectivity index (χ4n) is 2.34. The van der Waals surface area contributed by atoms with Crippen molar-refractivity contribution in [3.8, 4) is 0 Å². The summed E-state index contributed by atoms with van der Waals surface area (Å²) >= 11 is 0. The molecular formula is C19H25N3O. The van der Waals surface area contributed by atoms with E-state index in [1.54, 1.807) is 12.4 Å². The Bertz CT molecular complexity index is 628. The summed E-state index contributed by atoms with van der Waals surface area (Å²) in [7, 11) is 0. The van der Waals surface area contributed by atoms with Crippen LogP contribution in [0.15, 0.2) is 48.8 Å². The minimum atomic E-state index is 0.0108. The Balaban J connectivity index is 2.12. The largest absolute Gasteiger partial charge is 0.381 e. The zero-order chi connectivity index (χ0) is 16.7. The maximum atomic E-state index is 12.7. The molecule has 0 fully saturated rings. The number of hydrogen-bond donors (Lipinski definition) is 1. The van der Waals surface area contributed by atoms with Gasteiger partial charge < -0.3 is 10.2 Å². The van der Waals surface area contributed by atoms with Crippen LogP contribution in [0.1, 0.15) is 43.1 Å². The van der Waals surface area contributed by atoms with Gasteiger partial charge in [0.25, 0.3) is 5.91 Å². The number of anilines is 1. The fraction of sp³-hybridized carbons (Fsp3) is 0.368. The van der Waals surface area contributed by atoms with Crippen LogP contribution in [0, 0.1) is 0 Å². The number of benzene rings is 1. The normalized spacial score (nSPS) is 11.8. The molecule has 0 saturated carbocycles. The standard InChI is InChI=1S/C19H25N3O/c1-4-15(3)21-18-11-17(12-20-13-18)19(23)22(5-2)14-16-9-7-6-8-10-16/h6-13,15,21H,4-5,14H2,1-3H3. The number of pyridine rings is 1. The van der Waals surface area contributed by atoms with Crippen molar-refractivity contribution in [2.24, 2.45) is 0 Å². The second-order valence-electron chi connectivity index (χ2n) is 5.72. The van der Waals surface area contributed by atoms with Crippen LogP contribution in [-0.2, 0) is 6.54 Å². The maximum Gasteiger partial charge on any atom is 0.255 e. The van der Waals surface area contributed by atoms with E-state index in [2.05, 4.69) is 24.1 Å². The predicted molar refractivity (Wildman–Crippen MR) is 94.5 cm³/mol. The molecule has 4 heteroatoms. The summed E-state index contributed by atoms with van der Waals surface area (Å²) in [6, 6.07) is 12.3. The smallest absolute Gasteiger partial charge is 0.255 e. The molecule has 1 unspecified atom stereocenters. The van der Waals surface area contributed by atoms with Crippen molar-refractivity contribution in [2.75, 3.05) is 11.9 Å². The Morgan fingerprint density at radius 1 is 1.22 bits per heavy atom. The topological polar surface area (TPSA) is 45.2 Å². The third kappa shape index (κ3) is 4.81. The van der Waals surface area contributed by atoms with Crippen LogP contribution in [0.4, 0.5) is 5.69 Å². The summed E-state index contributed by atoms with van der Waals surface area (Å²) in [5, 5.41) is 3.36. The number of carbonyl (C=O) groups excluding carboxylic acids is 1. The van der Waals surface area contributed by atoms with Gasteiger partial charge in [0.1, 0.15) is 0 Å². The quantitative estimate of drug-likeness (QED) is 0.842. The molecule has 2 aromatic rings. The van der Waals surface area contributed by atoms with Crippen molar-refractivity contribution < 1.29 is 4.79 Å². The minimum Gasteiger partial charge on any atom is -0.381 e. The summed E-state index contributed by atoms with van der Waals surface area (Å²) in [6.45, 7) is 7.51. The van der Waals surface area contributed by atoms with Crippen molar-refractivity contribution in [1.82, 2.24) is 9.88 Å². The first-order valence-corrected chi connectivity index (χ1v) is 8.18. The van der Waals surface area contributed by atoms with E-state index in [9.17, 15) is 4.79 Å². The lowest BCUT2D eigenvalue weighted by molar-refractivity contribution is 0.0752. The maximum absolute atomic E-state index is 12.7. The van der Waals surface area contributed by atoms with Crippen molar-refractivity contribution in [3.05, 3.63) is 59.9 Å². The first-order valence-electron chi connectivity index (χ1n) is 8.18. The van der Waals surface area contributed by atoms with Crippen LogP contribution < -0.4 is 5.32 Å². The molecule has 0 aliphatic heterocycles. The first kappa shape index (κ1) is 17.0. The molecule has 0 bridgehead atoms. The van der Waals surface area contributed by atoms with Gasteiger partial charge in [-0.15, -0.1) is 0 Å². The van der Waals surface area contributed by atoms with Gasteiger partial charge in [0, 0.05) is 31.5 Å². The van der Waals surface area contributed by atoms with Crippen molar-refractivity contribution in [3.63, 3.8) is 0 Å². The molecule has 0 saturated heterocycles. The Morgan fingerprint density at radius 3 is 2.61 bits per heavy atom. The number of amides is 1. The monoisotopic (exact) mass is 311 g/mol. The Morgan fingerprint density at radius 2 is 1.96 bits per heavy atom. The van der Waals surface area contributed by atoms with E-state index in [-0.39, 0.29) is 5.91 Å². The molecule has 1 atom stereocenters.